The van der Waals surface area contributed by atoms with Gasteiger partial charge in [0.1, 0.15) is 0 Å². The van der Waals surface area contributed by atoms with Gasteiger partial charge in [-0.25, -0.2) is 0 Å². The number of hydrogen-bond acceptors (Lipinski definition) is 2. The minimum absolute atomic E-state index is 0.274. The fourth-order valence-electron chi connectivity index (χ4n) is 2.67. The third-order valence-corrected chi connectivity index (χ3v) is 5.46. The van der Waals surface area contributed by atoms with E-state index in [4.69, 9.17) is 0 Å². The lowest BCUT2D eigenvalue weighted by molar-refractivity contribution is 0.603. The van der Waals surface area contributed by atoms with E-state index in [0.717, 1.165) is 13.0 Å². The predicted molar refractivity (Wildman–Crippen MR) is 101 cm³/mol. The van der Waals surface area contributed by atoms with Gasteiger partial charge >= 0.3 is 0 Å². The van der Waals surface area contributed by atoms with E-state index in [9.17, 15) is 0 Å². The molecule has 0 aliphatic carbocycles. The molecule has 3 rings (SSSR count). The van der Waals surface area contributed by atoms with Crippen LogP contribution in [0.4, 0.5) is 0 Å². The summed E-state index contributed by atoms with van der Waals surface area (Å²) in [5, 5.41) is 8.64. The van der Waals surface area contributed by atoms with Crippen LogP contribution in [0, 0.1) is 2.88 Å². The van der Waals surface area contributed by atoms with Gasteiger partial charge in [0.05, 0.1) is 8.93 Å². The van der Waals surface area contributed by atoms with Gasteiger partial charge in [0.25, 0.3) is 0 Å². The summed E-state index contributed by atoms with van der Waals surface area (Å²) in [7, 11) is 0. The smallest absolute Gasteiger partial charge is 0.0656 e. The number of nitrogens with one attached hydrogen (secondary N) is 1. The standard InChI is InChI=1S/C18H18INS/c1-2-10-20-18(14-11-17(19)21-12-14)16-9-5-7-13-6-3-4-8-15(13)16/h3-9,11-12,18,20H,2,10H2,1H3. The Morgan fingerprint density at radius 1 is 1.14 bits per heavy atom. The number of hydrogen-bond donors (Lipinski definition) is 1. The minimum atomic E-state index is 0.274. The van der Waals surface area contributed by atoms with Crippen LogP contribution in [0.25, 0.3) is 10.8 Å². The third kappa shape index (κ3) is 3.30. The number of fused-ring (bicyclic) bond motifs is 1. The Morgan fingerprint density at radius 2 is 1.95 bits per heavy atom. The number of benzene rings is 2. The van der Waals surface area contributed by atoms with Gasteiger partial charge in [-0.1, -0.05) is 49.4 Å². The van der Waals surface area contributed by atoms with E-state index in [1.54, 1.807) is 0 Å². The Kier molecular flexibility index (Phi) is 4.93. The van der Waals surface area contributed by atoms with Crippen molar-refractivity contribution in [1.82, 2.24) is 5.32 Å². The molecule has 3 aromatic rings. The van der Waals surface area contributed by atoms with Crippen LogP contribution in [0.5, 0.6) is 0 Å². The topological polar surface area (TPSA) is 12.0 Å². The summed E-state index contributed by atoms with van der Waals surface area (Å²) in [5.41, 5.74) is 2.74. The van der Waals surface area contributed by atoms with Gasteiger partial charge in [0.15, 0.2) is 0 Å². The highest BCUT2D eigenvalue weighted by Gasteiger charge is 2.17. The summed E-state index contributed by atoms with van der Waals surface area (Å²) in [4.78, 5) is 0. The van der Waals surface area contributed by atoms with Crippen LogP contribution in [0.15, 0.2) is 53.9 Å². The molecule has 0 aliphatic heterocycles. The van der Waals surface area contributed by atoms with Gasteiger partial charge in [-0.2, -0.15) is 0 Å². The zero-order valence-corrected chi connectivity index (χ0v) is 14.9. The molecule has 1 atom stereocenters. The fraction of sp³-hybridized carbons (Fsp3) is 0.222. The zero-order valence-electron chi connectivity index (χ0n) is 12.0. The molecule has 0 aliphatic rings. The van der Waals surface area contributed by atoms with Gasteiger partial charge in [0, 0.05) is 0 Å². The monoisotopic (exact) mass is 407 g/mol. The first-order valence-electron chi connectivity index (χ1n) is 7.24. The van der Waals surface area contributed by atoms with Gasteiger partial charge < -0.3 is 5.32 Å². The maximum Gasteiger partial charge on any atom is 0.0656 e. The van der Waals surface area contributed by atoms with Gasteiger partial charge in [-0.15, -0.1) is 11.3 Å². The fourth-order valence-corrected chi connectivity index (χ4v) is 4.07. The molecule has 1 heterocycles. The highest BCUT2D eigenvalue weighted by atomic mass is 127. The molecule has 1 unspecified atom stereocenters. The van der Waals surface area contributed by atoms with Crippen LogP contribution < -0.4 is 5.32 Å². The molecule has 0 saturated heterocycles. The van der Waals surface area contributed by atoms with Crippen molar-refractivity contribution in [3.63, 3.8) is 0 Å². The Balaban J connectivity index is 2.09. The van der Waals surface area contributed by atoms with Crippen molar-refractivity contribution in [2.75, 3.05) is 6.54 Å². The molecule has 1 aromatic heterocycles. The molecular weight excluding hydrogens is 389 g/mol. The SMILES string of the molecule is CCCNC(c1csc(I)c1)c1cccc2ccccc12. The second kappa shape index (κ2) is 6.90. The molecule has 0 saturated carbocycles. The summed E-state index contributed by atoms with van der Waals surface area (Å²) in [5.74, 6) is 0. The molecule has 0 spiro atoms. The molecule has 108 valence electrons. The van der Waals surface area contributed by atoms with E-state index in [-0.39, 0.29) is 6.04 Å². The summed E-state index contributed by atoms with van der Waals surface area (Å²) >= 11 is 4.21. The second-order valence-corrected chi connectivity index (χ2v) is 7.95. The van der Waals surface area contributed by atoms with E-state index < -0.39 is 0 Å². The lowest BCUT2D eigenvalue weighted by Crippen LogP contribution is -2.23. The van der Waals surface area contributed by atoms with Crippen LogP contribution in [0.3, 0.4) is 0 Å². The highest BCUT2D eigenvalue weighted by Crippen LogP contribution is 2.31. The quantitative estimate of drug-likeness (QED) is 0.544. The minimum Gasteiger partial charge on any atom is -0.306 e. The van der Waals surface area contributed by atoms with Crippen molar-refractivity contribution in [2.45, 2.75) is 19.4 Å². The summed E-state index contributed by atoms with van der Waals surface area (Å²) in [6, 6.07) is 17.8. The zero-order chi connectivity index (χ0) is 14.7. The van der Waals surface area contributed by atoms with Crippen LogP contribution >= 0.6 is 33.9 Å². The molecular formula is C18H18INS. The van der Waals surface area contributed by atoms with Crippen LogP contribution in [-0.4, -0.2) is 6.54 Å². The molecule has 1 N–H and O–H groups in total. The third-order valence-electron chi connectivity index (χ3n) is 3.65. The Bertz CT molecular complexity index is 729. The normalized spacial score (nSPS) is 12.7. The Hall–Kier alpha value is -0.910. The second-order valence-electron chi connectivity index (χ2n) is 5.14. The van der Waals surface area contributed by atoms with Crippen LogP contribution in [0.2, 0.25) is 0 Å². The molecule has 0 fully saturated rings. The largest absolute Gasteiger partial charge is 0.306 e. The maximum absolute atomic E-state index is 3.71. The molecule has 0 amide bonds. The summed E-state index contributed by atoms with van der Waals surface area (Å²) < 4.78 is 1.34. The first-order valence-corrected chi connectivity index (χ1v) is 9.20. The predicted octanol–water partition coefficient (Wildman–Crippen LogP) is 5.59. The van der Waals surface area contributed by atoms with Gasteiger partial charge in [-0.3, -0.25) is 0 Å². The van der Waals surface area contributed by atoms with E-state index in [1.807, 2.05) is 11.3 Å². The molecule has 3 heteroatoms. The lowest BCUT2D eigenvalue weighted by Gasteiger charge is -2.20. The van der Waals surface area contributed by atoms with Crippen molar-refractivity contribution in [3.05, 3.63) is 67.9 Å². The van der Waals surface area contributed by atoms with E-state index in [0.29, 0.717) is 0 Å². The van der Waals surface area contributed by atoms with Crippen LogP contribution in [-0.2, 0) is 0 Å². The molecule has 0 bridgehead atoms. The molecule has 2 aromatic carbocycles. The summed E-state index contributed by atoms with van der Waals surface area (Å²) in [6.07, 6.45) is 1.14. The van der Waals surface area contributed by atoms with Crippen molar-refractivity contribution in [1.29, 1.82) is 0 Å². The van der Waals surface area contributed by atoms with Crippen molar-refractivity contribution >= 4 is 44.7 Å². The Labute approximate surface area is 143 Å². The molecule has 21 heavy (non-hydrogen) atoms. The lowest BCUT2D eigenvalue weighted by atomic mass is 9.95. The first kappa shape index (κ1) is 15.0. The van der Waals surface area contributed by atoms with Gasteiger partial charge in [0.2, 0.25) is 0 Å². The number of halogens is 1. The van der Waals surface area contributed by atoms with E-state index in [1.165, 1.54) is 24.8 Å². The van der Waals surface area contributed by atoms with Crippen LogP contribution in [0.1, 0.15) is 30.5 Å². The average molecular weight is 407 g/mol. The van der Waals surface area contributed by atoms with E-state index >= 15 is 0 Å². The first-order chi connectivity index (χ1) is 10.3. The van der Waals surface area contributed by atoms with Gasteiger partial charge in [-0.05, 0) is 68.9 Å². The van der Waals surface area contributed by atoms with Crippen molar-refractivity contribution in [2.24, 2.45) is 0 Å². The maximum atomic E-state index is 3.71. The Morgan fingerprint density at radius 3 is 2.71 bits per heavy atom. The van der Waals surface area contributed by atoms with E-state index in [2.05, 4.69) is 88.7 Å². The number of rotatable bonds is 5. The highest BCUT2D eigenvalue weighted by molar-refractivity contribution is 14.1. The number of thiophene rings is 1. The summed E-state index contributed by atoms with van der Waals surface area (Å²) in [6.45, 7) is 3.24. The van der Waals surface area contributed by atoms with Crippen molar-refractivity contribution < 1.29 is 0 Å². The van der Waals surface area contributed by atoms with Crippen molar-refractivity contribution in [3.8, 4) is 0 Å². The molecule has 1 nitrogen and oxygen atoms in total. The molecule has 0 radical (unpaired) electrons. The average Bonchev–Trinajstić information content (AvgIpc) is 2.94.